The Morgan fingerprint density at radius 1 is 1.39 bits per heavy atom. The van der Waals surface area contributed by atoms with Crippen LogP contribution in [0, 0.1) is 0 Å². The molecule has 0 saturated carbocycles. The van der Waals surface area contributed by atoms with Gasteiger partial charge in [0.15, 0.2) is 0 Å². The van der Waals surface area contributed by atoms with Gasteiger partial charge in [0.05, 0.1) is 0 Å². The number of nitrogens with one attached hydrogen (secondary N) is 1. The summed E-state index contributed by atoms with van der Waals surface area (Å²) in [5, 5.41) is 5.49. The van der Waals surface area contributed by atoms with Gasteiger partial charge in [0.25, 0.3) is 0 Å². The zero-order chi connectivity index (χ0) is 13.0. The zero-order valence-corrected chi connectivity index (χ0v) is 12.9. The maximum Gasteiger partial charge on any atom is 0.104 e. The normalized spacial score (nSPS) is 10.3. The topological polar surface area (TPSA) is 38.0 Å². The van der Waals surface area contributed by atoms with Gasteiger partial charge in [0.1, 0.15) is 4.99 Å². The van der Waals surface area contributed by atoms with E-state index in [2.05, 4.69) is 38.8 Å². The predicted octanol–water partition coefficient (Wildman–Crippen LogP) is 3.80. The molecule has 18 heavy (non-hydrogen) atoms. The van der Waals surface area contributed by atoms with Gasteiger partial charge in [-0.15, -0.1) is 11.3 Å². The Morgan fingerprint density at radius 2 is 2.22 bits per heavy atom. The van der Waals surface area contributed by atoms with Crippen molar-refractivity contribution in [3.05, 3.63) is 50.6 Å². The summed E-state index contributed by atoms with van der Waals surface area (Å²) in [7, 11) is 0. The van der Waals surface area contributed by atoms with E-state index in [1.165, 1.54) is 4.88 Å². The molecule has 0 amide bonds. The van der Waals surface area contributed by atoms with Gasteiger partial charge in [-0.25, -0.2) is 0 Å². The van der Waals surface area contributed by atoms with Gasteiger partial charge in [-0.1, -0.05) is 18.3 Å². The Bertz CT molecular complexity index is 538. The number of hydrogen-bond donors (Lipinski definition) is 2. The minimum atomic E-state index is 0.417. The lowest BCUT2D eigenvalue weighted by Crippen LogP contribution is -2.10. The predicted molar refractivity (Wildman–Crippen MR) is 86.5 cm³/mol. The molecule has 2 rings (SSSR count). The van der Waals surface area contributed by atoms with E-state index in [1.807, 2.05) is 18.2 Å². The molecular formula is C13H13BrN2S2. The van der Waals surface area contributed by atoms with Gasteiger partial charge in [0, 0.05) is 27.1 Å². The van der Waals surface area contributed by atoms with Crippen molar-refractivity contribution in [1.82, 2.24) is 0 Å². The molecule has 5 heteroatoms. The van der Waals surface area contributed by atoms with Crippen molar-refractivity contribution >= 4 is 50.2 Å². The summed E-state index contributed by atoms with van der Waals surface area (Å²) in [6.45, 7) is 0.908. The van der Waals surface area contributed by atoms with Crippen molar-refractivity contribution in [3.8, 4) is 0 Å². The third-order valence-electron chi connectivity index (χ3n) is 2.52. The van der Waals surface area contributed by atoms with Gasteiger partial charge in [-0.3, -0.25) is 0 Å². The maximum atomic E-state index is 5.59. The number of rotatable bonds is 5. The van der Waals surface area contributed by atoms with E-state index in [9.17, 15) is 0 Å². The summed E-state index contributed by atoms with van der Waals surface area (Å²) in [5.41, 5.74) is 7.53. The zero-order valence-electron chi connectivity index (χ0n) is 9.65. The molecule has 2 aromatic rings. The molecule has 0 aliphatic heterocycles. The minimum absolute atomic E-state index is 0.417. The Morgan fingerprint density at radius 3 is 2.83 bits per heavy atom. The monoisotopic (exact) mass is 340 g/mol. The molecule has 3 N–H and O–H groups in total. The van der Waals surface area contributed by atoms with Crippen LogP contribution in [0.1, 0.15) is 10.4 Å². The number of thiocarbonyl (C=S) groups is 1. The van der Waals surface area contributed by atoms with Crippen LogP contribution in [0.5, 0.6) is 0 Å². The first kappa shape index (κ1) is 13.5. The fourth-order valence-electron chi connectivity index (χ4n) is 1.59. The summed E-state index contributed by atoms with van der Waals surface area (Å²) in [6, 6.07) is 10.1. The van der Waals surface area contributed by atoms with Gasteiger partial charge in [-0.05, 0) is 52.0 Å². The minimum Gasteiger partial charge on any atom is -0.389 e. The highest BCUT2D eigenvalue weighted by Gasteiger charge is 2.03. The molecular weight excluding hydrogens is 328 g/mol. The second-order valence-electron chi connectivity index (χ2n) is 3.82. The van der Waals surface area contributed by atoms with Gasteiger partial charge in [0.2, 0.25) is 0 Å². The Hall–Kier alpha value is -0.910. The lowest BCUT2D eigenvalue weighted by molar-refractivity contribution is 1.04. The van der Waals surface area contributed by atoms with E-state index < -0.39 is 0 Å². The van der Waals surface area contributed by atoms with E-state index in [4.69, 9.17) is 18.0 Å². The molecule has 0 aliphatic carbocycles. The highest BCUT2D eigenvalue weighted by atomic mass is 79.9. The molecule has 2 nitrogen and oxygen atoms in total. The molecule has 1 heterocycles. The van der Waals surface area contributed by atoms with Crippen LogP contribution < -0.4 is 11.1 Å². The highest BCUT2D eigenvalue weighted by molar-refractivity contribution is 9.10. The van der Waals surface area contributed by atoms with Gasteiger partial charge >= 0.3 is 0 Å². The number of nitrogens with two attached hydrogens (primary N) is 1. The molecule has 0 spiro atoms. The maximum absolute atomic E-state index is 5.59. The molecule has 0 aliphatic rings. The molecule has 0 saturated heterocycles. The van der Waals surface area contributed by atoms with Crippen LogP contribution in [0.3, 0.4) is 0 Å². The summed E-state index contributed by atoms with van der Waals surface area (Å²) < 4.78 is 0.985. The molecule has 0 bridgehead atoms. The van der Waals surface area contributed by atoms with Crippen LogP contribution in [0.2, 0.25) is 0 Å². The van der Waals surface area contributed by atoms with Gasteiger partial charge in [-0.2, -0.15) is 0 Å². The van der Waals surface area contributed by atoms with Crippen LogP contribution in [0.25, 0.3) is 0 Å². The second-order valence-corrected chi connectivity index (χ2v) is 6.14. The molecule has 1 aromatic carbocycles. The quantitative estimate of drug-likeness (QED) is 0.813. The van der Waals surface area contributed by atoms with E-state index in [-0.39, 0.29) is 0 Å². The summed E-state index contributed by atoms with van der Waals surface area (Å²) in [4.78, 5) is 1.80. The number of halogens is 1. The number of hydrogen-bond acceptors (Lipinski definition) is 3. The Labute approximate surface area is 124 Å². The summed E-state index contributed by atoms with van der Waals surface area (Å²) in [6.07, 6.45) is 1.03. The first-order valence-corrected chi connectivity index (χ1v) is 7.60. The smallest absolute Gasteiger partial charge is 0.104 e. The Kier molecular flexibility index (Phi) is 4.74. The van der Waals surface area contributed by atoms with Crippen molar-refractivity contribution in [1.29, 1.82) is 0 Å². The molecule has 0 fully saturated rings. The standard InChI is InChI=1S/C13H13BrN2S2/c14-11-8-9(13(15)17)3-4-12(11)16-6-5-10-2-1-7-18-10/h1-4,7-8,16H,5-6H2,(H2,15,17). The largest absolute Gasteiger partial charge is 0.389 e. The van der Waals surface area contributed by atoms with E-state index in [0.29, 0.717) is 4.99 Å². The third-order valence-corrected chi connectivity index (χ3v) is 4.35. The molecule has 1 aromatic heterocycles. The number of thiophene rings is 1. The van der Waals surface area contributed by atoms with Crippen LogP contribution in [-0.4, -0.2) is 11.5 Å². The molecule has 0 radical (unpaired) electrons. The van der Waals surface area contributed by atoms with E-state index >= 15 is 0 Å². The summed E-state index contributed by atoms with van der Waals surface area (Å²) >= 11 is 10.2. The van der Waals surface area contributed by atoms with Crippen molar-refractivity contribution < 1.29 is 0 Å². The SMILES string of the molecule is NC(=S)c1ccc(NCCc2cccs2)c(Br)c1. The van der Waals surface area contributed by atoms with Crippen molar-refractivity contribution in [2.45, 2.75) is 6.42 Å². The highest BCUT2D eigenvalue weighted by Crippen LogP contribution is 2.23. The molecule has 0 atom stereocenters. The average Bonchev–Trinajstić information content (AvgIpc) is 2.84. The fourth-order valence-corrected chi connectivity index (χ4v) is 2.94. The van der Waals surface area contributed by atoms with Crippen LogP contribution in [-0.2, 0) is 6.42 Å². The van der Waals surface area contributed by atoms with E-state index in [1.54, 1.807) is 11.3 Å². The molecule has 94 valence electrons. The first-order valence-electron chi connectivity index (χ1n) is 5.52. The van der Waals surface area contributed by atoms with Gasteiger partial charge < -0.3 is 11.1 Å². The Balaban J connectivity index is 1.95. The average molecular weight is 341 g/mol. The van der Waals surface area contributed by atoms with Crippen molar-refractivity contribution in [3.63, 3.8) is 0 Å². The van der Waals surface area contributed by atoms with Crippen LogP contribution in [0.15, 0.2) is 40.2 Å². The van der Waals surface area contributed by atoms with Crippen molar-refractivity contribution in [2.24, 2.45) is 5.73 Å². The lowest BCUT2D eigenvalue weighted by Gasteiger charge is -2.09. The number of anilines is 1. The third kappa shape index (κ3) is 3.54. The number of benzene rings is 1. The van der Waals surface area contributed by atoms with Crippen LogP contribution in [0.4, 0.5) is 5.69 Å². The van der Waals surface area contributed by atoms with Crippen LogP contribution >= 0.6 is 39.5 Å². The van der Waals surface area contributed by atoms with Crippen molar-refractivity contribution in [2.75, 3.05) is 11.9 Å². The van der Waals surface area contributed by atoms with E-state index in [0.717, 1.165) is 28.7 Å². The summed E-state index contributed by atoms with van der Waals surface area (Å²) in [5.74, 6) is 0. The lowest BCUT2D eigenvalue weighted by atomic mass is 10.2. The first-order chi connectivity index (χ1) is 8.66. The fraction of sp³-hybridized carbons (Fsp3) is 0.154. The second kappa shape index (κ2) is 6.31. The molecule has 0 unspecified atom stereocenters.